The van der Waals surface area contributed by atoms with Crippen molar-refractivity contribution in [2.75, 3.05) is 32.1 Å². The normalized spacial score (nSPS) is 17.1. The molecule has 0 spiro atoms. The molecule has 1 fully saturated rings. The molecule has 0 aliphatic carbocycles. The highest BCUT2D eigenvalue weighted by Gasteiger charge is 2.18. The van der Waals surface area contributed by atoms with Gasteiger partial charge in [0.1, 0.15) is 5.01 Å². The number of aromatic nitrogens is 2. The van der Waals surface area contributed by atoms with E-state index in [1.807, 2.05) is 0 Å². The Bertz CT molecular complexity index is 841. The quantitative estimate of drug-likeness (QED) is 0.685. The van der Waals surface area contributed by atoms with Crippen LogP contribution in [0.5, 0.6) is 0 Å². The fourth-order valence-electron chi connectivity index (χ4n) is 3.35. The van der Waals surface area contributed by atoms with Crippen LogP contribution in [0.3, 0.4) is 0 Å². The van der Waals surface area contributed by atoms with Gasteiger partial charge in [-0.1, -0.05) is 23.8 Å². The summed E-state index contributed by atoms with van der Waals surface area (Å²) in [6.45, 7) is 5.10. The van der Waals surface area contributed by atoms with Crippen molar-refractivity contribution in [2.24, 2.45) is 0 Å². The highest BCUT2D eigenvalue weighted by atomic mass is 32.1. The molecule has 1 aliphatic rings. The van der Waals surface area contributed by atoms with Crippen LogP contribution in [-0.4, -0.2) is 59.7 Å². The van der Waals surface area contributed by atoms with Gasteiger partial charge in [0.25, 0.3) is 11.8 Å². The fraction of sp³-hybridized carbons (Fsp3) is 0.500. The van der Waals surface area contributed by atoms with Crippen LogP contribution in [0.4, 0.5) is 5.69 Å². The molecule has 0 radical (unpaired) electrons. The maximum atomic E-state index is 12.5. The maximum absolute atomic E-state index is 12.5. The van der Waals surface area contributed by atoms with Crippen molar-refractivity contribution < 1.29 is 14.3 Å². The van der Waals surface area contributed by atoms with Crippen molar-refractivity contribution in [1.82, 2.24) is 20.4 Å². The number of methoxy groups -OCH3 is 1. The van der Waals surface area contributed by atoms with E-state index in [2.05, 4.69) is 32.7 Å². The van der Waals surface area contributed by atoms with E-state index in [9.17, 15) is 9.59 Å². The second-order valence-corrected chi connectivity index (χ2v) is 8.17. The summed E-state index contributed by atoms with van der Waals surface area (Å²) < 4.78 is 4.99. The number of carbonyl (C=O) groups is 2. The first-order valence-electron chi connectivity index (χ1n) is 9.82. The van der Waals surface area contributed by atoms with Gasteiger partial charge >= 0.3 is 0 Å². The number of rotatable bonds is 8. The monoisotopic (exact) mass is 417 g/mol. The summed E-state index contributed by atoms with van der Waals surface area (Å²) >= 11 is 1.18. The number of anilines is 1. The second kappa shape index (κ2) is 10.4. The second-order valence-electron chi connectivity index (χ2n) is 7.11. The smallest absolute Gasteiger partial charge is 0.286 e. The highest BCUT2D eigenvalue weighted by Crippen LogP contribution is 2.16. The summed E-state index contributed by atoms with van der Waals surface area (Å²) in [6.07, 6.45) is 3.73. The first kappa shape index (κ1) is 21.4. The molecule has 2 aromatic rings. The van der Waals surface area contributed by atoms with E-state index in [1.54, 1.807) is 31.4 Å². The average Bonchev–Trinajstić information content (AvgIpc) is 3.19. The van der Waals surface area contributed by atoms with Gasteiger partial charge in [-0.2, -0.15) is 0 Å². The number of nitrogens with zero attached hydrogens (tertiary/aromatic N) is 3. The summed E-state index contributed by atoms with van der Waals surface area (Å²) in [5.74, 6) is -0.509. The molecular weight excluding hydrogens is 390 g/mol. The van der Waals surface area contributed by atoms with E-state index >= 15 is 0 Å². The molecule has 1 aromatic carbocycles. The summed E-state index contributed by atoms with van der Waals surface area (Å²) in [5, 5.41) is 14.4. The molecule has 2 N–H and O–H groups in total. The van der Waals surface area contributed by atoms with Crippen molar-refractivity contribution in [3.05, 3.63) is 39.8 Å². The lowest BCUT2D eigenvalue weighted by molar-refractivity contribution is 0.0937. The minimum absolute atomic E-state index is 0.149. The number of piperidine rings is 1. The molecule has 1 unspecified atom stereocenters. The van der Waals surface area contributed by atoms with Gasteiger partial charge in [-0.15, -0.1) is 10.2 Å². The molecule has 1 saturated heterocycles. The Morgan fingerprint density at radius 1 is 1.28 bits per heavy atom. The van der Waals surface area contributed by atoms with E-state index in [-0.39, 0.29) is 16.8 Å². The van der Waals surface area contributed by atoms with E-state index in [1.165, 1.54) is 30.6 Å². The zero-order valence-electron chi connectivity index (χ0n) is 16.8. The summed E-state index contributed by atoms with van der Waals surface area (Å²) in [6, 6.07) is 7.45. The Morgan fingerprint density at radius 3 is 2.93 bits per heavy atom. The van der Waals surface area contributed by atoms with Gasteiger partial charge < -0.3 is 15.4 Å². The highest BCUT2D eigenvalue weighted by molar-refractivity contribution is 7.13. The van der Waals surface area contributed by atoms with Crippen molar-refractivity contribution in [2.45, 2.75) is 38.8 Å². The molecule has 0 saturated carbocycles. The molecule has 3 rings (SSSR count). The lowest BCUT2D eigenvalue weighted by Crippen LogP contribution is -2.42. The Morgan fingerprint density at radius 2 is 2.14 bits per heavy atom. The number of carbonyl (C=O) groups excluding carboxylic acids is 2. The molecule has 1 atom stereocenters. The summed E-state index contributed by atoms with van der Waals surface area (Å²) in [5.41, 5.74) is 1.04. The molecule has 29 heavy (non-hydrogen) atoms. The fourth-order valence-corrected chi connectivity index (χ4v) is 4.06. The van der Waals surface area contributed by atoms with Gasteiger partial charge in [0.2, 0.25) is 5.01 Å². The Hall–Kier alpha value is -2.36. The third-order valence-electron chi connectivity index (χ3n) is 4.94. The van der Waals surface area contributed by atoms with E-state index in [0.717, 1.165) is 13.1 Å². The number of hydrogen-bond acceptors (Lipinski definition) is 7. The molecule has 0 bridgehead atoms. The van der Waals surface area contributed by atoms with Crippen molar-refractivity contribution in [1.29, 1.82) is 0 Å². The Kier molecular flexibility index (Phi) is 7.68. The van der Waals surface area contributed by atoms with Gasteiger partial charge in [0.05, 0.1) is 6.61 Å². The van der Waals surface area contributed by atoms with Crippen LogP contribution in [0.15, 0.2) is 24.3 Å². The first-order chi connectivity index (χ1) is 14.1. The predicted molar refractivity (Wildman–Crippen MR) is 112 cm³/mol. The summed E-state index contributed by atoms with van der Waals surface area (Å²) in [4.78, 5) is 27.2. The van der Waals surface area contributed by atoms with Crippen LogP contribution in [0.1, 0.15) is 51.4 Å². The van der Waals surface area contributed by atoms with Crippen molar-refractivity contribution >= 4 is 28.8 Å². The maximum Gasteiger partial charge on any atom is 0.286 e. The number of ether oxygens (including phenoxy) is 1. The first-order valence-corrected chi connectivity index (χ1v) is 10.6. The van der Waals surface area contributed by atoms with Crippen LogP contribution in [0.2, 0.25) is 0 Å². The third-order valence-corrected chi connectivity index (χ3v) is 5.83. The molecular formula is C20H27N5O3S. The van der Waals surface area contributed by atoms with Crippen LogP contribution in [-0.2, 0) is 11.3 Å². The minimum Gasteiger partial charge on any atom is -0.377 e. The van der Waals surface area contributed by atoms with Gasteiger partial charge in [0.15, 0.2) is 0 Å². The van der Waals surface area contributed by atoms with Crippen LogP contribution >= 0.6 is 11.3 Å². The number of likely N-dealkylation sites (tertiary alicyclic amines) is 1. The van der Waals surface area contributed by atoms with Gasteiger partial charge in [-0.25, -0.2) is 0 Å². The number of benzene rings is 1. The Balaban J connectivity index is 1.52. The number of nitrogens with one attached hydrogen (secondary N) is 2. The molecule has 2 amide bonds. The van der Waals surface area contributed by atoms with Crippen LogP contribution < -0.4 is 10.6 Å². The molecule has 8 nitrogen and oxygen atoms in total. The SMILES string of the molecule is COCc1nnc(C(=O)Nc2cccc(C(=O)NCCN3CCCCC3C)c2)s1. The number of hydrogen-bond donors (Lipinski definition) is 2. The lowest BCUT2D eigenvalue weighted by atomic mass is 10.0. The lowest BCUT2D eigenvalue weighted by Gasteiger charge is -2.33. The third kappa shape index (κ3) is 6.06. The Labute approximate surface area is 174 Å². The van der Waals surface area contributed by atoms with Crippen LogP contribution in [0, 0.1) is 0 Å². The molecule has 9 heteroatoms. The summed E-state index contributed by atoms with van der Waals surface area (Å²) in [7, 11) is 1.56. The average molecular weight is 418 g/mol. The molecule has 1 aliphatic heterocycles. The van der Waals surface area contributed by atoms with Gasteiger partial charge in [0, 0.05) is 37.5 Å². The minimum atomic E-state index is -0.360. The molecule has 156 valence electrons. The van der Waals surface area contributed by atoms with Crippen molar-refractivity contribution in [3.8, 4) is 0 Å². The predicted octanol–water partition coefficient (Wildman–Crippen LogP) is 2.54. The topological polar surface area (TPSA) is 96.5 Å². The standard InChI is InChI=1S/C20H27N5O3S/c1-14-6-3-4-10-25(14)11-9-21-18(26)15-7-5-8-16(12-15)22-19(27)20-24-23-17(29-20)13-28-2/h5,7-8,12,14H,3-4,6,9-11,13H2,1-2H3,(H,21,26)(H,22,27). The van der Waals surface area contributed by atoms with E-state index < -0.39 is 0 Å². The zero-order chi connectivity index (χ0) is 20.6. The molecule has 1 aromatic heterocycles. The zero-order valence-corrected chi connectivity index (χ0v) is 17.6. The largest absolute Gasteiger partial charge is 0.377 e. The number of amides is 2. The van der Waals surface area contributed by atoms with Crippen molar-refractivity contribution in [3.63, 3.8) is 0 Å². The van der Waals surface area contributed by atoms with Gasteiger partial charge in [-0.05, 0) is 44.5 Å². The molecule has 2 heterocycles. The van der Waals surface area contributed by atoms with E-state index in [0.29, 0.717) is 35.5 Å². The van der Waals surface area contributed by atoms with Crippen LogP contribution in [0.25, 0.3) is 0 Å². The van der Waals surface area contributed by atoms with E-state index in [4.69, 9.17) is 4.74 Å². The van der Waals surface area contributed by atoms with Gasteiger partial charge in [-0.3, -0.25) is 14.5 Å².